The molecule has 0 aliphatic carbocycles. The lowest BCUT2D eigenvalue weighted by atomic mass is 9.78. The molecule has 2 rings (SSSR count). The summed E-state index contributed by atoms with van der Waals surface area (Å²) in [5.41, 5.74) is 4.59. The van der Waals surface area contributed by atoms with Crippen molar-refractivity contribution in [2.75, 3.05) is 6.61 Å². The van der Waals surface area contributed by atoms with E-state index in [2.05, 4.69) is 57.9 Å². The van der Waals surface area contributed by atoms with Gasteiger partial charge in [-0.1, -0.05) is 70.4 Å². The maximum absolute atomic E-state index is 12.0. The molecule has 0 radical (unpaired) electrons. The van der Waals surface area contributed by atoms with Crippen LogP contribution in [0.3, 0.4) is 0 Å². The maximum atomic E-state index is 12.0. The van der Waals surface area contributed by atoms with E-state index in [1.807, 2.05) is 12.1 Å². The molecular weight excluding hydrogens is 332 g/mol. The first-order valence-corrected chi connectivity index (χ1v) is 9.67. The van der Waals surface area contributed by atoms with E-state index in [1.54, 1.807) is 13.0 Å². The third kappa shape index (κ3) is 5.23. The quantitative estimate of drug-likeness (QED) is 0.431. The molecule has 0 saturated heterocycles. The molecule has 0 amide bonds. The second-order valence-corrected chi connectivity index (χ2v) is 8.02. The molecule has 0 unspecified atom stereocenters. The lowest BCUT2D eigenvalue weighted by molar-refractivity contribution is 0.0526. The Labute approximate surface area is 164 Å². The minimum atomic E-state index is -0.376. The first kappa shape index (κ1) is 20.8. The average Bonchev–Trinajstić information content (AvgIpc) is 2.66. The average molecular weight is 363 g/mol. The molecule has 2 aromatic carbocycles. The highest BCUT2D eigenvalue weighted by molar-refractivity contribution is 5.93. The lowest BCUT2D eigenvalue weighted by Gasteiger charge is -2.26. The van der Waals surface area contributed by atoms with Crippen LogP contribution in [0.2, 0.25) is 0 Å². The summed E-state index contributed by atoms with van der Waals surface area (Å²) in [7, 11) is 0. The van der Waals surface area contributed by atoms with Crippen LogP contribution in [-0.2, 0) is 10.2 Å². The molecule has 0 aromatic heterocycles. The van der Waals surface area contributed by atoms with Crippen molar-refractivity contribution in [3.63, 3.8) is 0 Å². The zero-order chi connectivity index (χ0) is 20.0. The van der Waals surface area contributed by atoms with Crippen LogP contribution in [0.25, 0.3) is 11.1 Å². The molecule has 0 aliphatic heterocycles. The molecule has 0 bridgehead atoms. The van der Waals surface area contributed by atoms with Crippen molar-refractivity contribution < 1.29 is 9.53 Å². The predicted molar refractivity (Wildman–Crippen MR) is 113 cm³/mol. The topological polar surface area (TPSA) is 26.3 Å². The highest BCUT2D eigenvalue weighted by atomic mass is 16.5. The third-order valence-electron chi connectivity index (χ3n) is 5.02. The van der Waals surface area contributed by atoms with Gasteiger partial charge in [-0.05, 0) is 53.5 Å². The molecule has 0 atom stereocenters. The number of esters is 1. The first-order chi connectivity index (χ1) is 12.8. The molecule has 0 N–H and O–H groups in total. The maximum Gasteiger partial charge on any atom is 0.339 e. The number of carbonyl (C=O) groups is 1. The van der Waals surface area contributed by atoms with Gasteiger partial charge in [-0.15, -0.1) is 6.42 Å². The van der Waals surface area contributed by atoms with Gasteiger partial charge in [0.15, 0.2) is 0 Å². The highest BCUT2D eigenvalue weighted by Crippen LogP contribution is 2.32. The van der Waals surface area contributed by atoms with Crippen molar-refractivity contribution >= 4 is 5.97 Å². The Morgan fingerprint density at radius 1 is 1.11 bits per heavy atom. The van der Waals surface area contributed by atoms with Gasteiger partial charge in [0.1, 0.15) is 0 Å². The lowest BCUT2D eigenvalue weighted by Crippen LogP contribution is -2.17. The molecule has 2 heteroatoms. The first-order valence-electron chi connectivity index (χ1n) is 9.67. The van der Waals surface area contributed by atoms with Crippen LogP contribution in [0.15, 0.2) is 42.5 Å². The van der Waals surface area contributed by atoms with E-state index < -0.39 is 0 Å². The largest absolute Gasteiger partial charge is 0.462 e. The summed E-state index contributed by atoms with van der Waals surface area (Å²) in [6.07, 6.45) is 8.00. The molecule has 27 heavy (non-hydrogen) atoms. The Morgan fingerprint density at radius 2 is 1.74 bits per heavy atom. The van der Waals surface area contributed by atoms with Crippen molar-refractivity contribution in [2.45, 2.75) is 52.9 Å². The van der Waals surface area contributed by atoms with E-state index >= 15 is 0 Å². The van der Waals surface area contributed by atoms with E-state index in [1.165, 1.54) is 18.4 Å². The standard InChI is InChI=1S/C25H30O2/c1-7-19-17-21(11-14-23(19)24(26)27-8-2)20-9-12-22(13-10-20)25(5,6)16-15-18(3)4/h1,9-14,17-18H,8,15-16H2,2-6H3. The summed E-state index contributed by atoms with van der Waals surface area (Å²) in [6.45, 7) is 11.2. The Kier molecular flexibility index (Phi) is 6.86. The van der Waals surface area contributed by atoms with Gasteiger partial charge in [-0.2, -0.15) is 0 Å². The Hall–Kier alpha value is -2.53. The molecule has 0 spiro atoms. The number of benzene rings is 2. The molecule has 2 aromatic rings. The number of rotatable bonds is 7. The smallest absolute Gasteiger partial charge is 0.339 e. The summed E-state index contributed by atoms with van der Waals surface area (Å²) in [4.78, 5) is 12.0. The SMILES string of the molecule is C#Cc1cc(-c2ccc(C(C)(C)CCC(C)C)cc2)ccc1C(=O)OCC. The van der Waals surface area contributed by atoms with Crippen LogP contribution in [0.1, 0.15) is 68.9 Å². The van der Waals surface area contributed by atoms with Crippen molar-refractivity contribution in [2.24, 2.45) is 5.92 Å². The van der Waals surface area contributed by atoms with Gasteiger partial charge in [-0.3, -0.25) is 0 Å². The molecular formula is C25H30O2. The normalized spacial score (nSPS) is 11.3. The Balaban J connectivity index is 2.27. The fraction of sp³-hybridized carbons (Fsp3) is 0.400. The van der Waals surface area contributed by atoms with Crippen LogP contribution in [0.5, 0.6) is 0 Å². The van der Waals surface area contributed by atoms with E-state index in [4.69, 9.17) is 11.2 Å². The second kappa shape index (κ2) is 8.91. The van der Waals surface area contributed by atoms with Gasteiger partial charge in [0.2, 0.25) is 0 Å². The highest BCUT2D eigenvalue weighted by Gasteiger charge is 2.21. The molecule has 0 fully saturated rings. The number of hydrogen-bond donors (Lipinski definition) is 0. The van der Waals surface area contributed by atoms with Gasteiger partial charge < -0.3 is 4.74 Å². The Bertz CT molecular complexity index is 820. The van der Waals surface area contributed by atoms with Crippen LogP contribution in [-0.4, -0.2) is 12.6 Å². The van der Waals surface area contributed by atoms with Crippen LogP contribution in [0.4, 0.5) is 0 Å². The van der Waals surface area contributed by atoms with Crippen molar-refractivity contribution in [1.29, 1.82) is 0 Å². The van der Waals surface area contributed by atoms with E-state index in [-0.39, 0.29) is 11.4 Å². The zero-order valence-corrected chi connectivity index (χ0v) is 17.1. The van der Waals surface area contributed by atoms with Crippen molar-refractivity contribution in [1.82, 2.24) is 0 Å². The number of hydrogen-bond acceptors (Lipinski definition) is 2. The predicted octanol–water partition coefficient (Wildman–Crippen LogP) is 6.23. The van der Waals surface area contributed by atoms with Crippen LogP contribution in [0, 0.1) is 18.3 Å². The molecule has 0 aliphatic rings. The fourth-order valence-corrected chi connectivity index (χ4v) is 3.14. The van der Waals surface area contributed by atoms with Crippen molar-refractivity contribution in [3.8, 4) is 23.5 Å². The van der Waals surface area contributed by atoms with E-state index in [9.17, 15) is 4.79 Å². The van der Waals surface area contributed by atoms with Crippen LogP contribution < -0.4 is 0 Å². The second-order valence-electron chi connectivity index (χ2n) is 8.02. The Morgan fingerprint density at radius 3 is 2.30 bits per heavy atom. The monoisotopic (exact) mass is 362 g/mol. The number of carbonyl (C=O) groups excluding carboxylic acids is 1. The molecule has 142 valence electrons. The number of ether oxygens (including phenoxy) is 1. The van der Waals surface area contributed by atoms with Gasteiger partial charge in [0.25, 0.3) is 0 Å². The summed E-state index contributed by atoms with van der Waals surface area (Å²) >= 11 is 0. The third-order valence-corrected chi connectivity index (χ3v) is 5.02. The fourth-order valence-electron chi connectivity index (χ4n) is 3.14. The summed E-state index contributed by atoms with van der Waals surface area (Å²) < 4.78 is 5.07. The molecule has 0 heterocycles. The van der Waals surface area contributed by atoms with Gasteiger partial charge in [0.05, 0.1) is 12.2 Å². The minimum Gasteiger partial charge on any atom is -0.462 e. The van der Waals surface area contributed by atoms with Crippen LogP contribution >= 0.6 is 0 Å². The van der Waals surface area contributed by atoms with E-state index in [0.29, 0.717) is 23.7 Å². The summed E-state index contributed by atoms with van der Waals surface area (Å²) in [5, 5.41) is 0. The summed E-state index contributed by atoms with van der Waals surface area (Å²) in [5.74, 6) is 2.94. The zero-order valence-electron chi connectivity index (χ0n) is 17.1. The van der Waals surface area contributed by atoms with E-state index in [0.717, 1.165) is 11.1 Å². The molecule has 2 nitrogen and oxygen atoms in total. The number of terminal acetylenes is 1. The van der Waals surface area contributed by atoms with Gasteiger partial charge in [-0.25, -0.2) is 4.79 Å². The molecule has 0 saturated carbocycles. The van der Waals surface area contributed by atoms with Gasteiger partial charge in [0, 0.05) is 5.56 Å². The summed E-state index contributed by atoms with van der Waals surface area (Å²) in [6, 6.07) is 14.2. The minimum absolute atomic E-state index is 0.153. The van der Waals surface area contributed by atoms with Crippen molar-refractivity contribution in [3.05, 3.63) is 59.2 Å². The van der Waals surface area contributed by atoms with Gasteiger partial charge >= 0.3 is 5.97 Å².